The molecule has 214 valence electrons. The summed E-state index contributed by atoms with van der Waals surface area (Å²) in [7, 11) is 1.62. The molecule has 0 atom stereocenters. The number of nitrogens with one attached hydrogen (secondary N) is 2. The van der Waals surface area contributed by atoms with Crippen molar-refractivity contribution in [2.24, 2.45) is 0 Å². The van der Waals surface area contributed by atoms with Gasteiger partial charge in [-0.2, -0.15) is 4.98 Å². The molecule has 0 unspecified atom stereocenters. The van der Waals surface area contributed by atoms with Gasteiger partial charge in [0.05, 0.1) is 49.5 Å². The van der Waals surface area contributed by atoms with Crippen molar-refractivity contribution in [3.05, 3.63) is 60.4 Å². The van der Waals surface area contributed by atoms with E-state index in [1.54, 1.807) is 19.2 Å². The summed E-state index contributed by atoms with van der Waals surface area (Å²) in [5, 5.41) is 6.06. The lowest BCUT2D eigenvalue weighted by Crippen LogP contribution is -2.37. The minimum absolute atomic E-state index is 0.119. The summed E-state index contributed by atoms with van der Waals surface area (Å²) in [4.78, 5) is 31.0. The van der Waals surface area contributed by atoms with Gasteiger partial charge in [0.2, 0.25) is 5.95 Å². The van der Waals surface area contributed by atoms with Gasteiger partial charge in [0.1, 0.15) is 5.82 Å². The summed E-state index contributed by atoms with van der Waals surface area (Å²) in [6.07, 6.45) is 2.99. The molecule has 0 aliphatic carbocycles. The van der Waals surface area contributed by atoms with Gasteiger partial charge < -0.3 is 29.6 Å². The fourth-order valence-corrected chi connectivity index (χ4v) is 5.23. The molecule has 11 heteroatoms. The van der Waals surface area contributed by atoms with E-state index in [0.29, 0.717) is 30.5 Å². The summed E-state index contributed by atoms with van der Waals surface area (Å²) in [5.41, 5.74) is 5.33. The third-order valence-electron chi connectivity index (χ3n) is 7.55. The average Bonchev–Trinajstić information content (AvgIpc) is 3.44. The second-order valence-electron chi connectivity index (χ2n) is 10.3. The number of hydrogen-bond acceptors (Lipinski definition) is 9. The van der Waals surface area contributed by atoms with Crippen molar-refractivity contribution in [3.63, 3.8) is 0 Å². The fourth-order valence-electron chi connectivity index (χ4n) is 5.23. The molecule has 2 aliphatic heterocycles. The Bertz CT molecular complexity index is 1480. The number of ether oxygens (including phenoxy) is 2. The van der Waals surface area contributed by atoms with E-state index in [1.165, 1.54) is 0 Å². The van der Waals surface area contributed by atoms with Crippen LogP contribution in [-0.2, 0) is 16.0 Å². The average molecular weight is 557 g/mol. The van der Waals surface area contributed by atoms with Crippen LogP contribution in [0.4, 0.5) is 17.5 Å². The molecular weight excluding hydrogens is 520 g/mol. The van der Waals surface area contributed by atoms with Crippen LogP contribution in [0.15, 0.2) is 54.9 Å². The van der Waals surface area contributed by atoms with Gasteiger partial charge in [-0.3, -0.25) is 9.69 Å². The maximum Gasteiger partial charge on any atom is 0.251 e. The molecule has 6 rings (SSSR count). The van der Waals surface area contributed by atoms with Gasteiger partial charge in [-0.15, -0.1) is 0 Å². The Morgan fingerprint density at radius 3 is 2.41 bits per heavy atom. The molecule has 11 nitrogen and oxygen atoms in total. The first-order valence-corrected chi connectivity index (χ1v) is 14.2. The molecule has 4 heterocycles. The Labute approximate surface area is 239 Å². The summed E-state index contributed by atoms with van der Waals surface area (Å²) >= 11 is 0. The molecular formula is C30H36N8O3. The first-order valence-electron chi connectivity index (χ1n) is 14.2. The Balaban J connectivity index is 1.27. The number of nitrogens with zero attached hydrogens (tertiary/aromatic N) is 6. The van der Waals surface area contributed by atoms with Gasteiger partial charge in [0.15, 0.2) is 0 Å². The standard InChI is InChI=1S/C30H36N8O3/c1-31-29(39)22-3-6-24(7-4-22)33-28-20-26(34-30(35-28)37-13-17-41-18-14-37)23-5-8-25-27(19-23)38(21-32-25)10-2-9-36-11-15-40-16-12-36/h3-8,19-21H,2,9-18H2,1H3,(H,31,39)(H,33,34,35). The largest absolute Gasteiger partial charge is 0.379 e. The number of benzene rings is 2. The monoisotopic (exact) mass is 556 g/mol. The second kappa shape index (κ2) is 12.6. The lowest BCUT2D eigenvalue weighted by molar-refractivity contribution is 0.0369. The van der Waals surface area contributed by atoms with Crippen molar-refractivity contribution in [3.8, 4) is 11.3 Å². The minimum atomic E-state index is -0.119. The molecule has 1 amide bonds. The van der Waals surface area contributed by atoms with Crippen molar-refractivity contribution in [1.29, 1.82) is 0 Å². The van der Waals surface area contributed by atoms with E-state index in [2.05, 4.69) is 48.2 Å². The van der Waals surface area contributed by atoms with Gasteiger partial charge in [-0.1, -0.05) is 6.07 Å². The third-order valence-corrected chi connectivity index (χ3v) is 7.55. The highest BCUT2D eigenvalue weighted by molar-refractivity contribution is 5.94. The maximum atomic E-state index is 12.0. The molecule has 2 aromatic heterocycles. The Kier molecular flexibility index (Phi) is 8.36. The fraction of sp³-hybridized carbons (Fsp3) is 0.400. The molecule has 2 N–H and O–H groups in total. The molecule has 2 fully saturated rings. The Morgan fingerprint density at radius 2 is 1.66 bits per heavy atom. The number of rotatable bonds is 9. The number of morpholine rings is 2. The zero-order valence-electron chi connectivity index (χ0n) is 23.4. The van der Waals surface area contributed by atoms with Crippen LogP contribution in [0.5, 0.6) is 0 Å². The smallest absolute Gasteiger partial charge is 0.251 e. The van der Waals surface area contributed by atoms with Crippen molar-refractivity contribution < 1.29 is 14.3 Å². The molecule has 2 saturated heterocycles. The first-order chi connectivity index (χ1) is 20.2. The van der Waals surface area contributed by atoms with E-state index >= 15 is 0 Å². The molecule has 41 heavy (non-hydrogen) atoms. The summed E-state index contributed by atoms with van der Waals surface area (Å²) in [6, 6.07) is 15.6. The van der Waals surface area contributed by atoms with Crippen LogP contribution in [-0.4, -0.2) is 96.5 Å². The molecule has 2 aliphatic rings. The number of fused-ring (bicyclic) bond motifs is 1. The summed E-state index contributed by atoms with van der Waals surface area (Å²) in [5.74, 6) is 1.23. The van der Waals surface area contributed by atoms with Crippen molar-refractivity contribution in [2.75, 3.05) is 76.4 Å². The lowest BCUT2D eigenvalue weighted by atomic mass is 10.1. The number of hydrogen-bond donors (Lipinski definition) is 2. The van der Waals surface area contributed by atoms with Crippen LogP contribution >= 0.6 is 0 Å². The minimum Gasteiger partial charge on any atom is -0.379 e. The number of amides is 1. The van der Waals surface area contributed by atoms with Crippen LogP contribution in [0.1, 0.15) is 16.8 Å². The van der Waals surface area contributed by atoms with E-state index in [4.69, 9.17) is 19.4 Å². The van der Waals surface area contributed by atoms with Crippen molar-refractivity contribution >= 4 is 34.4 Å². The van der Waals surface area contributed by atoms with E-state index in [9.17, 15) is 4.79 Å². The van der Waals surface area contributed by atoms with Crippen LogP contribution in [0.2, 0.25) is 0 Å². The highest BCUT2D eigenvalue weighted by atomic mass is 16.5. The molecule has 0 saturated carbocycles. The van der Waals surface area contributed by atoms with E-state index < -0.39 is 0 Å². The zero-order chi connectivity index (χ0) is 28.0. The highest BCUT2D eigenvalue weighted by Gasteiger charge is 2.18. The first kappa shape index (κ1) is 27.1. The van der Waals surface area contributed by atoms with E-state index in [1.807, 2.05) is 24.5 Å². The summed E-state index contributed by atoms with van der Waals surface area (Å²) < 4.78 is 13.3. The third kappa shape index (κ3) is 6.48. The van der Waals surface area contributed by atoms with E-state index in [-0.39, 0.29) is 5.91 Å². The molecule has 4 aromatic rings. The quantitative estimate of drug-likeness (QED) is 0.321. The number of carbonyl (C=O) groups is 1. The molecule has 0 bridgehead atoms. The van der Waals surface area contributed by atoms with Crippen LogP contribution < -0.4 is 15.5 Å². The van der Waals surface area contributed by atoms with Crippen molar-refractivity contribution in [1.82, 2.24) is 29.7 Å². The van der Waals surface area contributed by atoms with Crippen LogP contribution in [0.3, 0.4) is 0 Å². The predicted molar refractivity (Wildman–Crippen MR) is 159 cm³/mol. The maximum absolute atomic E-state index is 12.0. The molecule has 0 spiro atoms. The molecule has 2 aromatic carbocycles. The van der Waals surface area contributed by atoms with Crippen LogP contribution in [0, 0.1) is 0 Å². The Morgan fingerprint density at radius 1 is 0.902 bits per heavy atom. The number of aromatic nitrogens is 4. The zero-order valence-corrected chi connectivity index (χ0v) is 23.4. The highest BCUT2D eigenvalue weighted by Crippen LogP contribution is 2.28. The predicted octanol–water partition coefficient (Wildman–Crippen LogP) is 3.16. The number of imidazole rings is 1. The number of aryl methyl sites for hydroxylation is 1. The van der Waals surface area contributed by atoms with Gasteiger partial charge >= 0.3 is 0 Å². The van der Waals surface area contributed by atoms with Crippen LogP contribution in [0.25, 0.3) is 22.3 Å². The normalized spacial score (nSPS) is 16.2. The van der Waals surface area contributed by atoms with E-state index in [0.717, 1.165) is 86.9 Å². The van der Waals surface area contributed by atoms with Gasteiger partial charge in [0.25, 0.3) is 5.91 Å². The second-order valence-corrected chi connectivity index (χ2v) is 10.3. The van der Waals surface area contributed by atoms with Gasteiger partial charge in [-0.05, 0) is 42.8 Å². The Hall–Kier alpha value is -4.06. The topological polar surface area (TPSA) is 110 Å². The SMILES string of the molecule is CNC(=O)c1ccc(Nc2cc(-c3ccc4ncn(CCCN5CCOCC5)c4c3)nc(N3CCOCC3)n2)cc1. The lowest BCUT2D eigenvalue weighted by Gasteiger charge is -2.27. The number of anilines is 3. The van der Waals surface area contributed by atoms with Crippen molar-refractivity contribution in [2.45, 2.75) is 13.0 Å². The van der Waals surface area contributed by atoms with Gasteiger partial charge in [-0.25, -0.2) is 9.97 Å². The van der Waals surface area contributed by atoms with Gasteiger partial charge in [0, 0.05) is 69.2 Å². The summed E-state index contributed by atoms with van der Waals surface area (Å²) in [6.45, 7) is 8.36. The molecule has 0 radical (unpaired) electrons. The number of carbonyl (C=O) groups excluding carboxylic acids is 1.